The fourth-order valence-corrected chi connectivity index (χ4v) is 2.63. The van der Waals surface area contributed by atoms with E-state index in [9.17, 15) is 0 Å². The molecule has 19 heavy (non-hydrogen) atoms. The molecule has 1 aliphatic rings. The SMILES string of the molecule is CCCOCC(NCC)C1OCCc2ccccc21. The van der Waals surface area contributed by atoms with Gasteiger partial charge in [-0.15, -0.1) is 0 Å². The molecule has 0 amide bonds. The average molecular weight is 263 g/mol. The molecular formula is C16H25NO2. The van der Waals surface area contributed by atoms with Gasteiger partial charge in [0.05, 0.1) is 19.3 Å². The molecule has 0 saturated carbocycles. The number of likely N-dealkylation sites (N-methyl/N-ethyl adjacent to an activating group) is 1. The summed E-state index contributed by atoms with van der Waals surface area (Å²) in [4.78, 5) is 0. The van der Waals surface area contributed by atoms with E-state index in [2.05, 4.69) is 43.4 Å². The summed E-state index contributed by atoms with van der Waals surface area (Å²) in [7, 11) is 0. The Morgan fingerprint density at radius 3 is 3.00 bits per heavy atom. The van der Waals surface area contributed by atoms with Crippen LogP contribution < -0.4 is 5.32 Å². The lowest BCUT2D eigenvalue weighted by Gasteiger charge is -2.32. The second kappa shape index (κ2) is 7.63. The van der Waals surface area contributed by atoms with E-state index in [0.717, 1.165) is 32.6 Å². The van der Waals surface area contributed by atoms with E-state index in [1.54, 1.807) is 0 Å². The van der Waals surface area contributed by atoms with Gasteiger partial charge in [0.2, 0.25) is 0 Å². The molecule has 1 N–H and O–H groups in total. The van der Waals surface area contributed by atoms with Crippen LogP contribution in [0.15, 0.2) is 24.3 Å². The second-order valence-electron chi connectivity index (χ2n) is 4.98. The lowest BCUT2D eigenvalue weighted by atomic mass is 9.93. The number of rotatable bonds is 7. The molecule has 0 spiro atoms. The van der Waals surface area contributed by atoms with Gasteiger partial charge in [-0.25, -0.2) is 0 Å². The summed E-state index contributed by atoms with van der Waals surface area (Å²) < 4.78 is 11.7. The fraction of sp³-hybridized carbons (Fsp3) is 0.625. The maximum Gasteiger partial charge on any atom is 0.100 e. The predicted molar refractivity (Wildman–Crippen MR) is 77.4 cm³/mol. The highest BCUT2D eigenvalue weighted by molar-refractivity contribution is 5.32. The van der Waals surface area contributed by atoms with Crippen molar-refractivity contribution in [3.8, 4) is 0 Å². The Hall–Kier alpha value is -0.900. The van der Waals surface area contributed by atoms with Crippen LogP contribution in [0, 0.1) is 0 Å². The minimum atomic E-state index is 0.113. The monoisotopic (exact) mass is 263 g/mol. The summed E-state index contributed by atoms with van der Waals surface area (Å²) >= 11 is 0. The van der Waals surface area contributed by atoms with Crippen LogP contribution in [-0.2, 0) is 15.9 Å². The first kappa shape index (κ1) is 14.5. The highest BCUT2D eigenvalue weighted by Gasteiger charge is 2.28. The van der Waals surface area contributed by atoms with Gasteiger partial charge in [-0.2, -0.15) is 0 Å². The van der Waals surface area contributed by atoms with Crippen LogP contribution >= 0.6 is 0 Å². The van der Waals surface area contributed by atoms with Crippen molar-refractivity contribution < 1.29 is 9.47 Å². The molecule has 1 aromatic carbocycles. The predicted octanol–water partition coefficient (Wildman–Crippen LogP) is 2.71. The summed E-state index contributed by atoms with van der Waals surface area (Å²) in [6, 6.07) is 8.83. The van der Waals surface area contributed by atoms with Gasteiger partial charge < -0.3 is 14.8 Å². The van der Waals surface area contributed by atoms with E-state index in [1.807, 2.05) is 0 Å². The van der Waals surface area contributed by atoms with Crippen LogP contribution in [0.5, 0.6) is 0 Å². The highest BCUT2D eigenvalue weighted by atomic mass is 16.5. The number of hydrogen-bond donors (Lipinski definition) is 1. The summed E-state index contributed by atoms with van der Waals surface area (Å²) in [5.41, 5.74) is 2.73. The average Bonchev–Trinajstić information content (AvgIpc) is 2.46. The van der Waals surface area contributed by atoms with Crippen LogP contribution in [0.1, 0.15) is 37.5 Å². The van der Waals surface area contributed by atoms with E-state index >= 15 is 0 Å². The zero-order chi connectivity index (χ0) is 13.5. The number of hydrogen-bond acceptors (Lipinski definition) is 3. The lowest BCUT2D eigenvalue weighted by molar-refractivity contribution is -0.0132. The second-order valence-corrected chi connectivity index (χ2v) is 4.98. The minimum absolute atomic E-state index is 0.113. The van der Waals surface area contributed by atoms with Crippen molar-refractivity contribution in [2.75, 3.05) is 26.4 Å². The molecule has 0 radical (unpaired) electrons. The number of fused-ring (bicyclic) bond motifs is 1. The molecule has 2 atom stereocenters. The fourth-order valence-electron chi connectivity index (χ4n) is 2.63. The molecule has 0 saturated heterocycles. The van der Waals surface area contributed by atoms with Crippen LogP contribution in [0.25, 0.3) is 0 Å². The van der Waals surface area contributed by atoms with Gasteiger partial charge >= 0.3 is 0 Å². The summed E-state index contributed by atoms with van der Waals surface area (Å²) in [5, 5.41) is 3.50. The van der Waals surface area contributed by atoms with Crippen molar-refractivity contribution in [2.24, 2.45) is 0 Å². The van der Waals surface area contributed by atoms with E-state index in [4.69, 9.17) is 9.47 Å². The van der Waals surface area contributed by atoms with Crippen molar-refractivity contribution in [2.45, 2.75) is 38.8 Å². The summed E-state index contributed by atoms with van der Waals surface area (Å²) in [6.45, 7) is 7.52. The van der Waals surface area contributed by atoms with Crippen LogP contribution in [-0.4, -0.2) is 32.4 Å². The molecule has 106 valence electrons. The molecule has 0 bridgehead atoms. The van der Waals surface area contributed by atoms with Crippen LogP contribution in [0.2, 0.25) is 0 Å². The van der Waals surface area contributed by atoms with Crippen molar-refractivity contribution in [3.63, 3.8) is 0 Å². The third-order valence-electron chi connectivity index (χ3n) is 3.51. The maximum atomic E-state index is 6.01. The molecule has 2 unspecified atom stereocenters. The van der Waals surface area contributed by atoms with Gasteiger partial charge in [0, 0.05) is 6.61 Å². The first-order valence-corrected chi connectivity index (χ1v) is 7.37. The van der Waals surface area contributed by atoms with E-state index in [-0.39, 0.29) is 12.1 Å². The van der Waals surface area contributed by atoms with Crippen LogP contribution in [0.3, 0.4) is 0 Å². The van der Waals surface area contributed by atoms with Gasteiger partial charge in [0.25, 0.3) is 0 Å². The number of nitrogens with one attached hydrogen (secondary N) is 1. The van der Waals surface area contributed by atoms with Crippen molar-refractivity contribution >= 4 is 0 Å². The zero-order valence-electron chi connectivity index (χ0n) is 12.0. The Balaban J connectivity index is 2.08. The minimum Gasteiger partial charge on any atom is -0.380 e. The van der Waals surface area contributed by atoms with Gasteiger partial charge in [0.1, 0.15) is 6.10 Å². The van der Waals surface area contributed by atoms with Crippen molar-refractivity contribution in [1.29, 1.82) is 0 Å². The van der Waals surface area contributed by atoms with Gasteiger partial charge in [-0.3, -0.25) is 0 Å². The lowest BCUT2D eigenvalue weighted by Crippen LogP contribution is -2.41. The standard InChI is InChI=1S/C16H25NO2/c1-3-10-18-12-15(17-4-2)16-14-8-6-5-7-13(14)9-11-19-16/h5-8,15-17H,3-4,9-12H2,1-2H3. The molecule has 3 heteroatoms. The molecule has 1 aromatic rings. The van der Waals surface area contributed by atoms with Crippen LogP contribution in [0.4, 0.5) is 0 Å². The Bertz CT molecular complexity index is 381. The molecule has 3 nitrogen and oxygen atoms in total. The van der Waals surface area contributed by atoms with E-state index in [1.165, 1.54) is 11.1 Å². The quantitative estimate of drug-likeness (QED) is 0.767. The first-order chi connectivity index (χ1) is 9.36. The molecule has 1 aliphatic heterocycles. The molecule has 0 aromatic heterocycles. The molecule has 2 rings (SSSR count). The first-order valence-electron chi connectivity index (χ1n) is 7.37. The third-order valence-corrected chi connectivity index (χ3v) is 3.51. The zero-order valence-corrected chi connectivity index (χ0v) is 12.0. The highest BCUT2D eigenvalue weighted by Crippen LogP contribution is 2.29. The van der Waals surface area contributed by atoms with Gasteiger partial charge in [-0.1, -0.05) is 38.1 Å². The normalized spacial score (nSPS) is 20.0. The Labute approximate surface area is 116 Å². The molecule has 0 aliphatic carbocycles. The summed E-state index contributed by atoms with van der Waals surface area (Å²) in [6.07, 6.45) is 2.18. The van der Waals surface area contributed by atoms with Crippen molar-refractivity contribution in [1.82, 2.24) is 5.32 Å². The molecule has 0 fully saturated rings. The van der Waals surface area contributed by atoms with Gasteiger partial charge in [-0.05, 0) is 30.5 Å². The Morgan fingerprint density at radius 2 is 2.21 bits per heavy atom. The smallest absolute Gasteiger partial charge is 0.100 e. The van der Waals surface area contributed by atoms with E-state index < -0.39 is 0 Å². The van der Waals surface area contributed by atoms with Crippen molar-refractivity contribution in [3.05, 3.63) is 35.4 Å². The maximum absolute atomic E-state index is 6.01. The van der Waals surface area contributed by atoms with E-state index in [0.29, 0.717) is 6.61 Å². The molecule has 1 heterocycles. The number of benzene rings is 1. The summed E-state index contributed by atoms with van der Waals surface area (Å²) in [5.74, 6) is 0. The molecular weight excluding hydrogens is 238 g/mol. The largest absolute Gasteiger partial charge is 0.380 e. The Kier molecular flexibility index (Phi) is 5.83. The third kappa shape index (κ3) is 3.78. The topological polar surface area (TPSA) is 30.5 Å². The number of ether oxygens (including phenoxy) is 2. The van der Waals surface area contributed by atoms with Gasteiger partial charge in [0.15, 0.2) is 0 Å². The Morgan fingerprint density at radius 1 is 1.37 bits per heavy atom.